The van der Waals surface area contributed by atoms with Gasteiger partial charge in [0.2, 0.25) is 0 Å². The number of nitrogens with zero attached hydrogens (tertiary/aromatic N) is 2. The Labute approximate surface area is 126 Å². The molecule has 1 aromatic rings. The zero-order valence-electron chi connectivity index (χ0n) is 12.6. The molecule has 4 heteroatoms. The van der Waals surface area contributed by atoms with Crippen molar-refractivity contribution < 1.29 is 4.39 Å². The second kappa shape index (κ2) is 6.77. The molecule has 1 heterocycles. The number of hydrogen-bond donors (Lipinski definition) is 0. The van der Waals surface area contributed by atoms with Crippen molar-refractivity contribution in [3.8, 4) is 0 Å². The van der Waals surface area contributed by atoms with E-state index < -0.39 is 0 Å². The van der Waals surface area contributed by atoms with Gasteiger partial charge in [0.15, 0.2) is 5.82 Å². The summed E-state index contributed by atoms with van der Waals surface area (Å²) in [6.07, 6.45) is 1.17. The first kappa shape index (κ1) is 15.6. The van der Waals surface area contributed by atoms with Gasteiger partial charge in [0.05, 0.1) is 10.7 Å². The van der Waals surface area contributed by atoms with Gasteiger partial charge in [-0.15, -0.1) is 0 Å². The molecule has 2 nitrogen and oxygen atoms in total. The minimum absolute atomic E-state index is 0.243. The Hall–Kier alpha value is -0.800. The van der Waals surface area contributed by atoms with Gasteiger partial charge in [0.1, 0.15) is 0 Å². The summed E-state index contributed by atoms with van der Waals surface area (Å²) in [6.45, 7) is 11.1. The van der Waals surface area contributed by atoms with Gasteiger partial charge >= 0.3 is 0 Å². The van der Waals surface area contributed by atoms with E-state index in [0.29, 0.717) is 5.69 Å². The van der Waals surface area contributed by atoms with E-state index in [9.17, 15) is 4.39 Å². The zero-order valence-corrected chi connectivity index (χ0v) is 13.4. The van der Waals surface area contributed by atoms with Gasteiger partial charge < -0.3 is 4.90 Å². The van der Waals surface area contributed by atoms with Crippen LogP contribution in [-0.2, 0) is 0 Å². The fourth-order valence-corrected chi connectivity index (χ4v) is 3.15. The monoisotopic (exact) mass is 298 g/mol. The minimum Gasteiger partial charge on any atom is -0.367 e. The molecule has 0 unspecified atom stereocenters. The standard InChI is InChI=1S/C16H24ClFN2/c1-4-7-19-8-10-20(11-9-19)14-6-5-13(12(2)3)15(17)16(14)18/h5-6,12H,4,7-11H2,1-3H3. The molecule has 0 atom stereocenters. The Kier molecular flexibility index (Phi) is 5.28. The Morgan fingerprint density at radius 2 is 1.85 bits per heavy atom. The lowest BCUT2D eigenvalue weighted by atomic mass is 10.0. The molecule has 0 amide bonds. The van der Waals surface area contributed by atoms with Crippen LogP contribution in [0.4, 0.5) is 10.1 Å². The highest BCUT2D eigenvalue weighted by molar-refractivity contribution is 6.31. The van der Waals surface area contributed by atoms with Gasteiger partial charge in [-0.05, 0) is 30.5 Å². The average Bonchev–Trinajstić information content (AvgIpc) is 2.43. The van der Waals surface area contributed by atoms with E-state index >= 15 is 0 Å². The molecule has 0 aliphatic carbocycles. The number of halogens is 2. The molecule has 1 saturated heterocycles. The normalized spacial score (nSPS) is 17.0. The van der Waals surface area contributed by atoms with Crippen molar-refractivity contribution in [3.05, 3.63) is 28.5 Å². The van der Waals surface area contributed by atoms with Crippen LogP contribution in [-0.4, -0.2) is 37.6 Å². The first-order chi connectivity index (χ1) is 9.54. The fraction of sp³-hybridized carbons (Fsp3) is 0.625. The number of rotatable bonds is 4. The van der Waals surface area contributed by atoms with Crippen molar-refractivity contribution in [1.82, 2.24) is 4.90 Å². The number of benzene rings is 1. The molecule has 1 aliphatic rings. The summed E-state index contributed by atoms with van der Waals surface area (Å²) in [5.41, 5.74) is 1.54. The summed E-state index contributed by atoms with van der Waals surface area (Å²) < 4.78 is 14.5. The predicted molar refractivity (Wildman–Crippen MR) is 84.4 cm³/mol. The average molecular weight is 299 g/mol. The number of piperazine rings is 1. The third kappa shape index (κ3) is 3.26. The summed E-state index contributed by atoms with van der Waals surface area (Å²) >= 11 is 6.18. The van der Waals surface area contributed by atoms with E-state index in [4.69, 9.17) is 11.6 Å². The number of anilines is 1. The Morgan fingerprint density at radius 3 is 2.40 bits per heavy atom. The zero-order chi connectivity index (χ0) is 14.7. The summed E-state index contributed by atoms with van der Waals surface area (Å²) in [5.74, 6) is -0.0192. The second-order valence-corrected chi connectivity index (χ2v) is 6.16. The maximum Gasteiger partial charge on any atom is 0.165 e. The van der Waals surface area contributed by atoms with Crippen LogP contribution in [0.2, 0.25) is 5.02 Å². The molecule has 1 aliphatic heterocycles. The lowest BCUT2D eigenvalue weighted by Crippen LogP contribution is -2.46. The molecule has 112 valence electrons. The van der Waals surface area contributed by atoms with Crippen molar-refractivity contribution in [2.45, 2.75) is 33.1 Å². The fourth-order valence-electron chi connectivity index (χ4n) is 2.77. The smallest absolute Gasteiger partial charge is 0.165 e. The highest BCUT2D eigenvalue weighted by Gasteiger charge is 2.21. The summed E-state index contributed by atoms with van der Waals surface area (Å²) in [5, 5.41) is 0.286. The highest BCUT2D eigenvalue weighted by atomic mass is 35.5. The molecule has 1 fully saturated rings. The maximum absolute atomic E-state index is 14.5. The van der Waals surface area contributed by atoms with Crippen LogP contribution >= 0.6 is 11.6 Å². The molecule has 20 heavy (non-hydrogen) atoms. The SMILES string of the molecule is CCCN1CCN(c2ccc(C(C)C)c(Cl)c2F)CC1. The topological polar surface area (TPSA) is 6.48 Å². The van der Waals surface area contributed by atoms with Gasteiger partial charge in [-0.1, -0.05) is 38.4 Å². The molecule has 0 N–H and O–H groups in total. The quantitative estimate of drug-likeness (QED) is 0.824. The van der Waals surface area contributed by atoms with Crippen LogP contribution in [0, 0.1) is 5.82 Å². The minimum atomic E-state index is -0.262. The third-order valence-corrected chi connectivity index (χ3v) is 4.35. The van der Waals surface area contributed by atoms with E-state index in [1.165, 1.54) is 6.42 Å². The molecule has 0 bridgehead atoms. The molecule has 2 rings (SSSR count). The van der Waals surface area contributed by atoms with Crippen molar-refractivity contribution in [2.24, 2.45) is 0 Å². The van der Waals surface area contributed by atoms with Crippen molar-refractivity contribution >= 4 is 17.3 Å². The summed E-state index contributed by atoms with van der Waals surface area (Å²) in [6, 6.07) is 3.84. The van der Waals surface area contributed by atoms with Crippen LogP contribution in [0.5, 0.6) is 0 Å². The summed E-state index contributed by atoms with van der Waals surface area (Å²) in [7, 11) is 0. The second-order valence-electron chi connectivity index (χ2n) is 5.79. The van der Waals surface area contributed by atoms with E-state index in [1.54, 1.807) is 0 Å². The van der Waals surface area contributed by atoms with E-state index in [0.717, 1.165) is 38.3 Å². The van der Waals surface area contributed by atoms with Gasteiger partial charge in [0.25, 0.3) is 0 Å². The van der Waals surface area contributed by atoms with Crippen LogP contribution < -0.4 is 4.90 Å². The van der Waals surface area contributed by atoms with Gasteiger partial charge in [-0.25, -0.2) is 4.39 Å². The first-order valence-corrected chi connectivity index (χ1v) is 7.87. The Bertz CT molecular complexity index is 454. The third-order valence-electron chi connectivity index (χ3n) is 3.97. The van der Waals surface area contributed by atoms with Crippen LogP contribution in [0.1, 0.15) is 38.7 Å². The highest BCUT2D eigenvalue weighted by Crippen LogP contribution is 2.33. The van der Waals surface area contributed by atoms with Crippen LogP contribution in [0.15, 0.2) is 12.1 Å². The molecule has 0 saturated carbocycles. The largest absolute Gasteiger partial charge is 0.367 e. The van der Waals surface area contributed by atoms with E-state index in [2.05, 4.69) is 16.7 Å². The lowest BCUT2D eigenvalue weighted by Gasteiger charge is -2.36. The molecular formula is C16H24ClFN2. The van der Waals surface area contributed by atoms with Gasteiger partial charge in [-0.3, -0.25) is 4.90 Å². The van der Waals surface area contributed by atoms with E-state index in [1.807, 2.05) is 26.0 Å². The van der Waals surface area contributed by atoms with Crippen LogP contribution in [0.25, 0.3) is 0 Å². The van der Waals surface area contributed by atoms with Crippen molar-refractivity contribution in [2.75, 3.05) is 37.6 Å². The predicted octanol–water partition coefficient (Wildman–Crippen LogP) is 4.13. The van der Waals surface area contributed by atoms with Gasteiger partial charge in [-0.2, -0.15) is 0 Å². The van der Waals surface area contributed by atoms with Crippen molar-refractivity contribution in [1.29, 1.82) is 0 Å². The molecular weight excluding hydrogens is 275 g/mol. The Balaban J connectivity index is 2.13. The van der Waals surface area contributed by atoms with E-state index in [-0.39, 0.29) is 16.8 Å². The molecule has 0 spiro atoms. The maximum atomic E-state index is 14.5. The van der Waals surface area contributed by atoms with Crippen molar-refractivity contribution in [3.63, 3.8) is 0 Å². The lowest BCUT2D eigenvalue weighted by molar-refractivity contribution is 0.258. The number of hydrogen-bond acceptors (Lipinski definition) is 2. The summed E-state index contributed by atoms with van der Waals surface area (Å²) in [4.78, 5) is 4.54. The molecule has 1 aromatic carbocycles. The first-order valence-electron chi connectivity index (χ1n) is 7.49. The van der Waals surface area contributed by atoms with Gasteiger partial charge in [0, 0.05) is 26.2 Å². The molecule has 0 radical (unpaired) electrons. The molecule has 0 aromatic heterocycles. The Morgan fingerprint density at radius 1 is 1.20 bits per heavy atom. The van der Waals surface area contributed by atoms with Crippen LogP contribution in [0.3, 0.4) is 0 Å².